The van der Waals surface area contributed by atoms with E-state index in [9.17, 15) is 18.8 Å². The summed E-state index contributed by atoms with van der Waals surface area (Å²) in [5.74, 6) is -1.11. The molecule has 0 atom stereocenters. The van der Waals surface area contributed by atoms with Gasteiger partial charge in [0.1, 0.15) is 35.1 Å². The Morgan fingerprint density at radius 2 is 2.00 bits per heavy atom. The number of hydrogen-bond donors (Lipinski definition) is 3. The minimum atomic E-state index is -0.735. The summed E-state index contributed by atoms with van der Waals surface area (Å²) in [6.07, 6.45) is 1.07. The number of nitrogens with zero attached hydrogens (tertiary/aromatic N) is 5. The number of amides is 3. The molecule has 0 saturated carbocycles. The molecule has 13 nitrogen and oxygen atoms in total. The van der Waals surface area contributed by atoms with Gasteiger partial charge in [-0.05, 0) is 50.6 Å². The van der Waals surface area contributed by atoms with Crippen molar-refractivity contribution in [3.8, 4) is 5.75 Å². The van der Waals surface area contributed by atoms with Crippen molar-refractivity contribution in [2.45, 2.75) is 40.0 Å². The van der Waals surface area contributed by atoms with Crippen molar-refractivity contribution < 1.29 is 28.2 Å². The van der Waals surface area contributed by atoms with Crippen LogP contribution in [0, 0.1) is 12.7 Å². The molecule has 4 N–H and O–H groups in total. The van der Waals surface area contributed by atoms with Crippen LogP contribution in [-0.2, 0) is 24.4 Å². The van der Waals surface area contributed by atoms with Crippen LogP contribution < -0.4 is 21.1 Å². The third kappa shape index (κ3) is 6.17. The number of alkyl carbamates (subject to hydrolysis) is 1. The highest BCUT2D eigenvalue weighted by atomic mass is 19.1. The summed E-state index contributed by atoms with van der Waals surface area (Å²) < 4.78 is 27.5. The van der Waals surface area contributed by atoms with Crippen LogP contribution in [0.25, 0.3) is 11.0 Å². The van der Waals surface area contributed by atoms with Gasteiger partial charge < -0.3 is 25.1 Å². The Labute approximate surface area is 228 Å². The number of anilines is 1. The molecule has 3 heterocycles. The molecular formula is C26H29FN8O5. The molecule has 14 heteroatoms. The first kappa shape index (κ1) is 28.0. The number of nitrogens with one attached hydrogen (secondary N) is 2. The number of hydrogen-bond acceptors (Lipinski definition) is 8. The normalized spacial score (nSPS) is 10.9. The topological polar surface area (TPSA) is 168 Å². The lowest BCUT2D eigenvalue weighted by molar-refractivity contribution is 0.0995. The van der Waals surface area contributed by atoms with E-state index >= 15 is 0 Å². The maximum absolute atomic E-state index is 13.7. The molecule has 0 aliphatic carbocycles. The second kappa shape index (κ2) is 12.2. The maximum Gasteiger partial charge on any atom is 0.407 e. The van der Waals surface area contributed by atoms with Crippen molar-refractivity contribution in [3.63, 3.8) is 0 Å². The number of aryl methyl sites for hydroxylation is 3. The summed E-state index contributed by atoms with van der Waals surface area (Å²) in [6, 6.07) is 7.35. The van der Waals surface area contributed by atoms with Crippen LogP contribution in [0.2, 0.25) is 0 Å². The Hall–Kier alpha value is -5.01. The average Bonchev–Trinajstić information content (AvgIpc) is 3.49. The summed E-state index contributed by atoms with van der Waals surface area (Å²) in [7, 11) is 1.44. The molecule has 0 fully saturated rings. The minimum absolute atomic E-state index is 0.0185. The van der Waals surface area contributed by atoms with E-state index in [1.165, 1.54) is 37.6 Å². The number of nitrogens with two attached hydrogens (primary N) is 1. The van der Waals surface area contributed by atoms with E-state index in [0.29, 0.717) is 47.7 Å². The summed E-state index contributed by atoms with van der Waals surface area (Å²) in [5.41, 5.74) is 7.65. The number of pyridine rings is 1. The quantitative estimate of drug-likeness (QED) is 0.239. The molecule has 0 bridgehead atoms. The molecule has 4 aromatic rings. The van der Waals surface area contributed by atoms with Crippen molar-refractivity contribution >= 4 is 34.9 Å². The fraction of sp³-hybridized carbons (Fsp3) is 0.308. The molecule has 0 unspecified atom stereocenters. The maximum atomic E-state index is 13.7. The van der Waals surface area contributed by atoms with Gasteiger partial charge in [-0.1, -0.05) is 0 Å². The smallest absolute Gasteiger partial charge is 0.407 e. The molecule has 3 amide bonds. The fourth-order valence-electron chi connectivity index (χ4n) is 4.11. The molecule has 210 valence electrons. The van der Waals surface area contributed by atoms with Crippen LogP contribution in [0.15, 0.2) is 36.5 Å². The van der Waals surface area contributed by atoms with E-state index in [0.717, 1.165) is 0 Å². The van der Waals surface area contributed by atoms with Crippen LogP contribution >= 0.6 is 0 Å². The van der Waals surface area contributed by atoms with Gasteiger partial charge in [0.05, 0.1) is 18.3 Å². The van der Waals surface area contributed by atoms with Crippen molar-refractivity contribution in [2.24, 2.45) is 5.73 Å². The molecule has 4 rings (SSSR count). The number of benzene rings is 1. The molecule has 0 radical (unpaired) electrons. The van der Waals surface area contributed by atoms with Crippen LogP contribution in [0.1, 0.15) is 45.6 Å². The number of aromatic nitrogens is 5. The lowest BCUT2D eigenvalue weighted by Gasteiger charge is -2.13. The monoisotopic (exact) mass is 552 g/mol. The lowest BCUT2D eigenvalue weighted by Crippen LogP contribution is -2.26. The predicted molar refractivity (Wildman–Crippen MR) is 142 cm³/mol. The highest BCUT2D eigenvalue weighted by Crippen LogP contribution is 2.31. The first-order chi connectivity index (χ1) is 19.2. The second-order valence-electron chi connectivity index (χ2n) is 8.73. The van der Waals surface area contributed by atoms with Gasteiger partial charge in [0.2, 0.25) is 11.9 Å². The van der Waals surface area contributed by atoms with Gasteiger partial charge in [0.25, 0.3) is 5.91 Å². The number of fused-ring (bicyclic) bond motifs is 1. The third-order valence-electron chi connectivity index (χ3n) is 5.97. The van der Waals surface area contributed by atoms with Crippen molar-refractivity contribution in [1.82, 2.24) is 29.6 Å². The number of methoxy groups -OCH3 is 1. The Morgan fingerprint density at radius 1 is 1.20 bits per heavy atom. The van der Waals surface area contributed by atoms with Gasteiger partial charge in [0, 0.05) is 31.4 Å². The highest BCUT2D eigenvalue weighted by Gasteiger charge is 2.21. The zero-order valence-electron chi connectivity index (χ0n) is 22.2. The average molecular weight is 553 g/mol. The van der Waals surface area contributed by atoms with Gasteiger partial charge in [-0.25, -0.2) is 14.2 Å². The zero-order valence-corrected chi connectivity index (χ0v) is 22.2. The predicted octanol–water partition coefficient (Wildman–Crippen LogP) is 2.77. The summed E-state index contributed by atoms with van der Waals surface area (Å²) in [4.78, 5) is 45.5. The molecule has 0 spiro atoms. The number of ether oxygens (including phenoxy) is 2. The van der Waals surface area contributed by atoms with E-state index < -0.39 is 23.7 Å². The molecule has 1 aromatic carbocycles. The first-order valence-corrected chi connectivity index (χ1v) is 12.5. The van der Waals surface area contributed by atoms with Crippen LogP contribution in [0.4, 0.5) is 15.1 Å². The van der Waals surface area contributed by atoms with Gasteiger partial charge in [-0.15, -0.1) is 0 Å². The molecule has 0 aliphatic heterocycles. The fourth-order valence-corrected chi connectivity index (χ4v) is 4.11. The number of primary amides is 1. The van der Waals surface area contributed by atoms with Crippen molar-refractivity contribution in [2.75, 3.05) is 19.0 Å². The molecule has 0 aliphatic rings. The standard InChI is InChI=1S/C26H29FN8O5/c1-4-35-20(11-15(2)33-35)24(37)32-25-31-18-12-16(23(28)36)13-21(39-3)22(18)34(25)10-6-9-30-26(38)40-14-19-17(27)7-5-8-29-19/h5,7-8,11-13H,4,6,9-10,14H2,1-3H3,(H2,28,36)(H,30,38)(H,31,32,37). The van der Waals surface area contributed by atoms with Gasteiger partial charge in [-0.3, -0.25) is 24.6 Å². The van der Waals surface area contributed by atoms with E-state index in [2.05, 4.69) is 25.7 Å². The van der Waals surface area contributed by atoms with Crippen molar-refractivity contribution in [3.05, 3.63) is 65.0 Å². The van der Waals surface area contributed by atoms with E-state index in [1.807, 2.05) is 6.92 Å². The third-order valence-corrected chi connectivity index (χ3v) is 5.97. The van der Waals surface area contributed by atoms with Crippen molar-refractivity contribution in [1.29, 1.82) is 0 Å². The minimum Gasteiger partial charge on any atom is -0.494 e. The largest absolute Gasteiger partial charge is 0.494 e. The first-order valence-electron chi connectivity index (χ1n) is 12.5. The number of rotatable bonds is 11. The van der Waals surface area contributed by atoms with Crippen LogP contribution in [0.3, 0.4) is 0 Å². The Bertz CT molecular complexity index is 1560. The Kier molecular flexibility index (Phi) is 8.57. The summed E-state index contributed by atoms with van der Waals surface area (Å²) in [6.45, 7) is 4.34. The van der Waals surface area contributed by atoms with Crippen LogP contribution in [0.5, 0.6) is 5.75 Å². The molecule has 0 saturated heterocycles. The van der Waals surface area contributed by atoms with Gasteiger partial charge >= 0.3 is 6.09 Å². The van der Waals surface area contributed by atoms with Gasteiger partial charge in [-0.2, -0.15) is 5.10 Å². The number of imidazole rings is 1. The van der Waals surface area contributed by atoms with E-state index in [-0.39, 0.29) is 30.4 Å². The van der Waals surface area contributed by atoms with Crippen LogP contribution in [-0.4, -0.2) is 55.9 Å². The lowest BCUT2D eigenvalue weighted by atomic mass is 10.1. The Morgan fingerprint density at radius 3 is 2.70 bits per heavy atom. The molecule has 3 aromatic heterocycles. The Balaban J connectivity index is 1.52. The number of carbonyl (C=O) groups is 3. The number of carbonyl (C=O) groups excluding carboxylic acids is 3. The van der Waals surface area contributed by atoms with Gasteiger partial charge in [0.15, 0.2) is 0 Å². The van der Waals surface area contributed by atoms with E-state index in [1.54, 1.807) is 22.2 Å². The zero-order chi connectivity index (χ0) is 28.8. The van der Waals surface area contributed by atoms with E-state index in [4.69, 9.17) is 15.2 Å². The highest BCUT2D eigenvalue weighted by molar-refractivity contribution is 6.04. The SMILES string of the molecule is CCn1nc(C)cc1C(=O)Nc1nc2cc(C(N)=O)cc(OC)c2n1CCCNC(=O)OCc1ncccc1F. The molecular weight excluding hydrogens is 523 g/mol. The molecule has 40 heavy (non-hydrogen) atoms. The second-order valence-corrected chi connectivity index (χ2v) is 8.73. The summed E-state index contributed by atoms with van der Waals surface area (Å²) >= 11 is 0. The summed E-state index contributed by atoms with van der Waals surface area (Å²) in [5, 5.41) is 9.74. The number of halogens is 1.